The molecule has 3 aromatic heterocycles. The smallest absolute Gasteiger partial charge is 0.439 e. The van der Waals surface area contributed by atoms with Crippen LogP contribution in [-0.2, 0) is 13.2 Å². The van der Waals surface area contributed by atoms with E-state index >= 15 is 0 Å². The van der Waals surface area contributed by atoms with Crippen LogP contribution in [0.25, 0.3) is 11.4 Å². The standard InChI is InChI=1S/C26H25F7N4O4S.C25H24F7N3O2S/c27-18-11-16(5-6-17(18)21-35-24(39)41-36-21)40-12-19-20(23(38)37-9-7-15(8-10-37)26(31,32)33)34-22(42-19)13-1-3-14(4-2-13)25(28,29)30;26-19-11-18(6-3-15(19)12-33)37-13-20-21(23(36)35-9-7-17(8-10-35)25(30,31)32)34-22(38-20)14-1-4-16(5-2-14)24(27,28)29/h5-6,11,13-15H,1-4,7-10,12H2,(H,35,36,39);3,6,11,14,16-17H,1-2,4-5,7-10,13H2. The fourth-order valence-electron chi connectivity index (χ4n) is 10.2. The van der Waals surface area contributed by atoms with E-state index in [1.807, 2.05) is 0 Å². The quantitative estimate of drug-likeness (QED) is 0.126. The molecule has 80 heavy (non-hydrogen) atoms. The third-order valence-electron chi connectivity index (χ3n) is 14.8. The third kappa shape index (κ3) is 14.6. The highest BCUT2D eigenvalue weighted by Gasteiger charge is 2.46. The number of amides is 2. The predicted octanol–water partition coefficient (Wildman–Crippen LogP) is 13.4. The molecule has 0 spiro atoms. The zero-order valence-electron chi connectivity index (χ0n) is 41.9. The minimum atomic E-state index is -4.36. The first-order valence-electron chi connectivity index (χ1n) is 25.3. The lowest BCUT2D eigenvalue weighted by atomic mass is 9.82. The highest BCUT2D eigenvalue weighted by Crippen LogP contribution is 2.47. The van der Waals surface area contributed by atoms with Gasteiger partial charge in [0.15, 0.2) is 5.82 Å². The maximum absolute atomic E-state index is 14.7. The molecule has 4 fully saturated rings. The Hall–Kier alpha value is -6.31. The fourth-order valence-corrected chi connectivity index (χ4v) is 12.4. The van der Waals surface area contributed by atoms with E-state index in [1.54, 1.807) is 6.07 Å². The number of hydrogen-bond acceptors (Lipinski definition) is 12. The van der Waals surface area contributed by atoms with Crippen LogP contribution in [0.15, 0.2) is 45.7 Å². The molecule has 9 rings (SSSR count). The largest absolute Gasteiger partial charge is 0.488 e. The number of piperidine rings is 2. The van der Waals surface area contributed by atoms with Crippen molar-refractivity contribution in [3.05, 3.63) is 95.3 Å². The van der Waals surface area contributed by atoms with E-state index in [0.717, 1.165) is 34.8 Å². The topological polar surface area (TPSA) is 168 Å². The van der Waals surface area contributed by atoms with E-state index in [4.69, 9.17) is 14.7 Å². The maximum Gasteiger partial charge on any atom is 0.439 e. The van der Waals surface area contributed by atoms with Crippen molar-refractivity contribution < 1.29 is 85.1 Å². The molecule has 2 saturated heterocycles. The molecule has 29 heteroatoms. The van der Waals surface area contributed by atoms with Gasteiger partial charge >= 0.3 is 30.5 Å². The average Bonchev–Trinajstić information content (AvgIpc) is 4.18. The summed E-state index contributed by atoms with van der Waals surface area (Å²) in [6, 6.07) is 9.05. The van der Waals surface area contributed by atoms with Gasteiger partial charge in [-0.05, 0) is 101 Å². The van der Waals surface area contributed by atoms with E-state index in [2.05, 4.69) is 24.6 Å². The van der Waals surface area contributed by atoms with Gasteiger partial charge in [-0.1, -0.05) is 5.16 Å². The molecular formula is C51H49F14N7O6S2. The monoisotopic (exact) mass is 1190 g/mol. The van der Waals surface area contributed by atoms with Crippen LogP contribution in [-0.4, -0.2) is 92.6 Å². The van der Waals surface area contributed by atoms with Gasteiger partial charge in [0.05, 0.1) is 54.6 Å². The SMILES string of the molecule is N#Cc1ccc(OCc2sc(C3CCC(C(F)(F)F)CC3)nc2C(=O)N2CCC(C(F)(F)F)CC2)cc1F.O=C(c1nc(C2CCC(C(F)(F)F)CC2)sc1COc1ccc(-c2noc(=O)[nH]2)c(F)c1)N1CCC(C(F)(F)F)CC1. The number of rotatable bonds is 11. The second-order valence-corrected chi connectivity index (χ2v) is 22.2. The molecule has 1 N–H and O–H groups in total. The molecule has 5 heterocycles. The lowest BCUT2D eigenvalue weighted by Crippen LogP contribution is -2.42. The number of H-pyrrole nitrogens is 1. The number of alkyl halides is 12. The van der Waals surface area contributed by atoms with Crippen LogP contribution < -0.4 is 15.2 Å². The molecule has 5 aromatic rings. The van der Waals surface area contributed by atoms with Crippen LogP contribution in [0, 0.1) is 46.6 Å². The van der Waals surface area contributed by atoms with Gasteiger partial charge in [0.2, 0.25) is 0 Å². The highest BCUT2D eigenvalue weighted by atomic mass is 32.1. The fraction of sp³-hybridized carbons (Fsp3) is 0.549. The number of nitriles is 1. The molecule has 0 radical (unpaired) electrons. The van der Waals surface area contributed by atoms with Gasteiger partial charge in [-0.2, -0.15) is 57.9 Å². The normalized spacial score (nSPS) is 20.9. The molecule has 0 bridgehead atoms. The number of thiazole rings is 2. The number of benzene rings is 2. The Bertz CT molecular complexity index is 3060. The first kappa shape index (κ1) is 59.8. The van der Waals surface area contributed by atoms with Crippen molar-refractivity contribution in [3.8, 4) is 29.0 Å². The van der Waals surface area contributed by atoms with E-state index < -0.39 is 77.6 Å². The number of ether oxygens (including phenoxy) is 2. The van der Waals surface area contributed by atoms with Crippen molar-refractivity contribution in [3.63, 3.8) is 0 Å². The van der Waals surface area contributed by atoms with E-state index in [1.165, 1.54) is 34.1 Å². The van der Waals surface area contributed by atoms with Crippen LogP contribution >= 0.6 is 22.7 Å². The minimum absolute atomic E-state index is 0.0116. The number of likely N-dealkylation sites (tertiary alicyclic amines) is 2. The lowest BCUT2D eigenvalue weighted by molar-refractivity contribution is -0.184. The van der Waals surface area contributed by atoms with Crippen molar-refractivity contribution in [2.75, 3.05) is 26.2 Å². The van der Waals surface area contributed by atoms with Crippen molar-refractivity contribution in [2.45, 2.75) is 127 Å². The number of nitrogens with one attached hydrogen (secondary N) is 1. The number of aromatic amines is 1. The summed E-state index contributed by atoms with van der Waals surface area (Å²) in [6.45, 7) is -0.898. The Morgan fingerprint density at radius 3 is 1.34 bits per heavy atom. The molecule has 13 nitrogen and oxygen atoms in total. The molecule has 2 saturated carbocycles. The number of carbonyl (C=O) groups is 2. The maximum atomic E-state index is 14.7. The van der Waals surface area contributed by atoms with Crippen LogP contribution in [0.2, 0.25) is 0 Å². The van der Waals surface area contributed by atoms with Gasteiger partial charge < -0.3 is 19.3 Å². The molecule has 434 valence electrons. The molecule has 4 aliphatic rings. The molecule has 2 aromatic carbocycles. The summed E-state index contributed by atoms with van der Waals surface area (Å²) < 4.78 is 202. The number of nitrogens with zero attached hydrogens (tertiary/aromatic N) is 6. The van der Waals surface area contributed by atoms with E-state index in [0.29, 0.717) is 19.8 Å². The van der Waals surface area contributed by atoms with Crippen molar-refractivity contribution in [1.82, 2.24) is 29.9 Å². The second-order valence-electron chi connectivity index (χ2n) is 20.0. The highest BCUT2D eigenvalue weighted by molar-refractivity contribution is 7.12. The molecule has 2 amide bonds. The molecular weight excluding hydrogens is 1140 g/mol. The van der Waals surface area contributed by atoms with Crippen molar-refractivity contribution >= 4 is 34.5 Å². The van der Waals surface area contributed by atoms with Crippen molar-refractivity contribution in [2.24, 2.45) is 23.7 Å². The van der Waals surface area contributed by atoms with Crippen LogP contribution in [0.4, 0.5) is 61.5 Å². The number of hydrogen-bond donors (Lipinski definition) is 1. The third-order valence-corrected chi connectivity index (χ3v) is 17.2. The summed E-state index contributed by atoms with van der Waals surface area (Å²) in [5.74, 6) is -9.96. The van der Waals surface area contributed by atoms with Gasteiger partial charge in [0.1, 0.15) is 53.8 Å². The van der Waals surface area contributed by atoms with Crippen LogP contribution in [0.5, 0.6) is 11.5 Å². The molecule has 0 atom stereocenters. The molecule has 2 aliphatic heterocycles. The Labute approximate surface area is 454 Å². The zero-order chi connectivity index (χ0) is 57.9. The summed E-state index contributed by atoms with van der Waals surface area (Å²) in [7, 11) is 0. The Balaban J connectivity index is 0.000000211. The van der Waals surface area contributed by atoms with Crippen LogP contribution in [0.3, 0.4) is 0 Å². The van der Waals surface area contributed by atoms with Gasteiger partial charge in [0.25, 0.3) is 11.8 Å². The summed E-state index contributed by atoms with van der Waals surface area (Å²) in [4.78, 5) is 52.3. The van der Waals surface area contributed by atoms with Crippen molar-refractivity contribution in [1.29, 1.82) is 5.26 Å². The van der Waals surface area contributed by atoms with Crippen LogP contribution in [0.1, 0.15) is 135 Å². The molecule has 2 aliphatic carbocycles. The summed E-state index contributed by atoms with van der Waals surface area (Å²) in [5.41, 5.74) is -0.274. The summed E-state index contributed by atoms with van der Waals surface area (Å²) in [6.07, 6.45) is -17.6. The Morgan fingerprint density at radius 1 is 0.600 bits per heavy atom. The zero-order valence-corrected chi connectivity index (χ0v) is 43.5. The first-order valence-corrected chi connectivity index (χ1v) is 26.9. The average molecular weight is 1190 g/mol. The Morgan fingerprint density at radius 2 is 0.988 bits per heavy atom. The number of aromatic nitrogens is 4. The second kappa shape index (κ2) is 24.4. The summed E-state index contributed by atoms with van der Waals surface area (Å²) in [5, 5.41) is 13.2. The van der Waals surface area contributed by atoms with Gasteiger partial charge in [-0.25, -0.2) is 23.5 Å². The minimum Gasteiger partial charge on any atom is -0.488 e. The summed E-state index contributed by atoms with van der Waals surface area (Å²) >= 11 is 2.21. The Kier molecular flexibility index (Phi) is 18.3. The van der Waals surface area contributed by atoms with E-state index in [-0.39, 0.29) is 168 Å². The predicted molar refractivity (Wildman–Crippen MR) is 257 cm³/mol. The van der Waals surface area contributed by atoms with Gasteiger partial charge in [-0.3, -0.25) is 19.1 Å². The van der Waals surface area contributed by atoms with Gasteiger partial charge in [-0.15, -0.1) is 22.7 Å². The van der Waals surface area contributed by atoms with Gasteiger partial charge in [0, 0.05) is 50.1 Å². The lowest BCUT2D eigenvalue weighted by Gasteiger charge is -2.32. The number of carbonyl (C=O) groups excluding carboxylic acids is 2. The van der Waals surface area contributed by atoms with E-state index in [9.17, 15) is 75.8 Å². The first-order chi connectivity index (χ1) is 37.7. The molecule has 0 unspecified atom stereocenters. The number of halogens is 14.